The summed E-state index contributed by atoms with van der Waals surface area (Å²) in [6.07, 6.45) is 1.87. The molecule has 2 aromatic rings. The molecule has 1 aromatic heterocycles. The fraction of sp³-hybridized carbons (Fsp3) is 0.500. The molecule has 25 heavy (non-hydrogen) atoms. The van der Waals surface area contributed by atoms with E-state index < -0.39 is 0 Å². The molecule has 0 spiro atoms. The van der Waals surface area contributed by atoms with Crippen molar-refractivity contribution in [2.24, 2.45) is 0 Å². The molecule has 7 heteroatoms. The number of nitrogens with zero attached hydrogens (tertiary/aromatic N) is 3. The zero-order valence-corrected chi connectivity index (χ0v) is 14.7. The molecule has 7 nitrogen and oxygen atoms in total. The number of rotatable bonds is 6. The molecule has 3 rings (SSSR count). The lowest BCUT2D eigenvalue weighted by Gasteiger charge is -2.29. The van der Waals surface area contributed by atoms with Crippen molar-refractivity contribution in [3.8, 4) is 5.75 Å². The number of piperidine rings is 1. The summed E-state index contributed by atoms with van der Waals surface area (Å²) < 4.78 is 10.5. The highest BCUT2D eigenvalue weighted by atomic mass is 16.5. The maximum Gasteiger partial charge on any atom is 0.234 e. The molecule has 0 bridgehead atoms. The van der Waals surface area contributed by atoms with Crippen LogP contribution in [0.2, 0.25) is 0 Å². The Balaban J connectivity index is 1.41. The third-order valence-electron chi connectivity index (χ3n) is 4.47. The summed E-state index contributed by atoms with van der Waals surface area (Å²) in [6, 6.07) is 7.71. The zero-order chi connectivity index (χ0) is 17.6. The number of methoxy groups -OCH3 is 1. The van der Waals surface area contributed by atoms with Crippen molar-refractivity contribution < 1.29 is 14.1 Å². The van der Waals surface area contributed by atoms with E-state index >= 15 is 0 Å². The maximum atomic E-state index is 12.2. The number of hydrogen-bond donors (Lipinski definition) is 1. The Morgan fingerprint density at radius 2 is 2.20 bits per heavy atom. The number of ether oxygens (including phenoxy) is 1. The van der Waals surface area contributed by atoms with Gasteiger partial charge in [0, 0.05) is 12.5 Å². The minimum Gasteiger partial charge on any atom is -0.497 e. The molecule has 0 aliphatic carbocycles. The number of benzene rings is 1. The second-order valence-corrected chi connectivity index (χ2v) is 6.36. The first-order valence-corrected chi connectivity index (χ1v) is 8.56. The fourth-order valence-corrected chi connectivity index (χ4v) is 3.06. The predicted octanol–water partition coefficient (Wildman–Crippen LogP) is 1.88. The van der Waals surface area contributed by atoms with Gasteiger partial charge in [0.15, 0.2) is 5.82 Å². The summed E-state index contributed by atoms with van der Waals surface area (Å²) >= 11 is 0. The van der Waals surface area contributed by atoms with Gasteiger partial charge in [-0.1, -0.05) is 17.3 Å². The lowest BCUT2D eigenvalue weighted by molar-refractivity contribution is -0.122. The van der Waals surface area contributed by atoms with Gasteiger partial charge in [0.05, 0.1) is 13.7 Å². The van der Waals surface area contributed by atoms with Crippen LogP contribution in [0.4, 0.5) is 0 Å². The second kappa shape index (κ2) is 8.11. The summed E-state index contributed by atoms with van der Waals surface area (Å²) in [5, 5.41) is 6.82. The monoisotopic (exact) mass is 344 g/mol. The molecule has 134 valence electrons. The van der Waals surface area contributed by atoms with Gasteiger partial charge in [-0.05, 0) is 50.6 Å². The molecule has 1 N–H and O–H groups in total. The second-order valence-electron chi connectivity index (χ2n) is 6.36. The number of carbonyl (C=O) groups excluding carboxylic acids is 1. The molecule has 1 aliphatic rings. The van der Waals surface area contributed by atoms with Gasteiger partial charge >= 0.3 is 0 Å². The van der Waals surface area contributed by atoms with E-state index in [4.69, 9.17) is 9.26 Å². The molecule has 0 unspecified atom stereocenters. The molecule has 0 atom stereocenters. The maximum absolute atomic E-state index is 12.2. The van der Waals surface area contributed by atoms with Crippen LogP contribution in [0.25, 0.3) is 0 Å². The van der Waals surface area contributed by atoms with Gasteiger partial charge in [-0.3, -0.25) is 9.69 Å². The van der Waals surface area contributed by atoms with Crippen LogP contribution in [0.1, 0.15) is 36.0 Å². The van der Waals surface area contributed by atoms with Gasteiger partial charge in [0.1, 0.15) is 5.75 Å². The number of hydrogen-bond acceptors (Lipinski definition) is 6. The van der Waals surface area contributed by atoms with Crippen molar-refractivity contribution in [3.63, 3.8) is 0 Å². The molecular weight excluding hydrogens is 320 g/mol. The molecule has 2 heterocycles. The van der Waals surface area contributed by atoms with Crippen molar-refractivity contribution in [2.75, 3.05) is 26.7 Å². The van der Waals surface area contributed by atoms with Crippen molar-refractivity contribution >= 4 is 5.91 Å². The first-order valence-electron chi connectivity index (χ1n) is 8.56. The van der Waals surface area contributed by atoms with Gasteiger partial charge in [-0.15, -0.1) is 0 Å². The van der Waals surface area contributed by atoms with Crippen molar-refractivity contribution in [2.45, 2.75) is 32.2 Å². The van der Waals surface area contributed by atoms with Crippen LogP contribution in [0.15, 0.2) is 28.8 Å². The lowest BCUT2D eigenvalue weighted by atomic mass is 9.97. The predicted molar refractivity (Wildman–Crippen MR) is 92.3 cm³/mol. The van der Waals surface area contributed by atoms with E-state index in [9.17, 15) is 4.79 Å². The van der Waals surface area contributed by atoms with Gasteiger partial charge in [-0.25, -0.2) is 0 Å². The molecule has 1 saturated heterocycles. The number of carbonyl (C=O) groups is 1. The zero-order valence-electron chi connectivity index (χ0n) is 14.7. The van der Waals surface area contributed by atoms with Crippen LogP contribution in [0.3, 0.4) is 0 Å². The van der Waals surface area contributed by atoms with E-state index in [0.29, 0.717) is 24.8 Å². The average Bonchev–Trinajstić information content (AvgIpc) is 3.07. The fourth-order valence-electron chi connectivity index (χ4n) is 3.06. The number of likely N-dealkylation sites (tertiary alicyclic amines) is 1. The number of amides is 1. The van der Waals surface area contributed by atoms with Crippen LogP contribution in [0.5, 0.6) is 5.75 Å². The number of nitrogens with one attached hydrogen (secondary N) is 1. The molecular formula is C18H24N4O3. The lowest BCUT2D eigenvalue weighted by Crippen LogP contribution is -2.41. The molecule has 1 aromatic carbocycles. The van der Waals surface area contributed by atoms with Crippen LogP contribution < -0.4 is 10.1 Å². The minimum absolute atomic E-state index is 0.0369. The molecule has 0 radical (unpaired) electrons. The standard InChI is InChI=1S/C18H24N4O3/c1-13-20-18(25-21-13)15-6-8-22(9-7-15)12-17(23)19-11-14-4-3-5-16(10-14)24-2/h3-5,10,15H,6-9,11-12H2,1-2H3,(H,19,23). The van der Waals surface area contributed by atoms with E-state index in [1.54, 1.807) is 7.11 Å². The Bertz CT molecular complexity index is 708. The highest BCUT2D eigenvalue weighted by molar-refractivity contribution is 5.78. The SMILES string of the molecule is COc1cccc(CNC(=O)CN2CCC(c3nc(C)no3)CC2)c1. The number of aryl methyl sites for hydroxylation is 1. The third-order valence-corrected chi connectivity index (χ3v) is 4.47. The average molecular weight is 344 g/mol. The summed E-state index contributed by atoms with van der Waals surface area (Å²) in [5.74, 6) is 2.53. The Labute approximate surface area is 147 Å². The van der Waals surface area contributed by atoms with Gasteiger partial charge < -0.3 is 14.6 Å². The van der Waals surface area contributed by atoms with Crippen LogP contribution in [-0.2, 0) is 11.3 Å². The van der Waals surface area contributed by atoms with Crippen LogP contribution >= 0.6 is 0 Å². The third kappa shape index (κ3) is 4.79. The van der Waals surface area contributed by atoms with E-state index in [1.807, 2.05) is 31.2 Å². The quantitative estimate of drug-likeness (QED) is 0.862. The van der Waals surface area contributed by atoms with E-state index in [-0.39, 0.29) is 5.91 Å². The first-order chi connectivity index (χ1) is 12.1. The Kier molecular flexibility index (Phi) is 5.65. The van der Waals surface area contributed by atoms with Gasteiger partial charge in [0.25, 0.3) is 0 Å². The molecule has 0 saturated carbocycles. The van der Waals surface area contributed by atoms with Crippen LogP contribution in [0, 0.1) is 6.92 Å². The summed E-state index contributed by atoms with van der Waals surface area (Å²) in [5.41, 5.74) is 1.03. The van der Waals surface area contributed by atoms with Crippen molar-refractivity contribution in [1.82, 2.24) is 20.4 Å². The van der Waals surface area contributed by atoms with Crippen molar-refractivity contribution in [3.05, 3.63) is 41.5 Å². The number of aromatic nitrogens is 2. The summed E-state index contributed by atoms with van der Waals surface area (Å²) in [7, 11) is 1.64. The smallest absolute Gasteiger partial charge is 0.234 e. The summed E-state index contributed by atoms with van der Waals surface area (Å²) in [6.45, 7) is 4.47. The molecule has 1 amide bonds. The van der Waals surface area contributed by atoms with E-state index in [1.165, 1.54) is 0 Å². The van der Waals surface area contributed by atoms with Gasteiger partial charge in [-0.2, -0.15) is 4.98 Å². The van der Waals surface area contributed by atoms with Gasteiger partial charge in [0.2, 0.25) is 11.8 Å². The van der Waals surface area contributed by atoms with E-state index in [2.05, 4.69) is 20.4 Å². The Hall–Kier alpha value is -2.41. The Morgan fingerprint density at radius 3 is 2.88 bits per heavy atom. The topological polar surface area (TPSA) is 80.5 Å². The van der Waals surface area contributed by atoms with E-state index in [0.717, 1.165) is 43.1 Å². The summed E-state index contributed by atoms with van der Waals surface area (Å²) in [4.78, 5) is 18.6. The largest absolute Gasteiger partial charge is 0.497 e. The highest BCUT2D eigenvalue weighted by Gasteiger charge is 2.25. The Morgan fingerprint density at radius 1 is 1.40 bits per heavy atom. The normalized spacial score (nSPS) is 15.9. The van der Waals surface area contributed by atoms with Crippen molar-refractivity contribution in [1.29, 1.82) is 0 Å². The molecule has 1 aliphatic heterocycles. The van der Waals surface area contributed by atoms with Crippen LogP contribution in [-0.4, -0.2) is 47.7 Å². The highest BCUT2D eigenvalue weighted by Crippen LogP contribution is 2.26. The first kappa shape index (κ1) is 17.4. The molecule has 1 fully saturated rings. The minimum atomic E-state index is 0.0369.